The predicted octanol–water partition coefficient (Wildman–Crippen LogP) is 6.68. The maximum absolute atomic E-state index is 13.6. The van der Waals surface area contributed by atoms with E-state index < -0.39 is 5.25 Å². The Morgan fingerprint density at radius 3 is 1.97 bits per heavy atom. The fraction of sp³-hybridized carbons (Fsp3) is 0.0357. The van der Waals surface area contributed by atoms with Gasteiger partial charge in [0.2, 0.25) is 5.91 Å². The number of hydrogen-bond acceptors (Lipinski definition) is 4. The van der Waals surface area contributed by atoms with Gasteiger partial charge in [0.15, 0.2) is 11.0 Å². The molecule has 0 radical (unpaired) electrons. The normalized spacial score (nSPS) is 11.7. The molecule has 5 rings (SSSR count). The van der Waals surface area contributed by atoms with Gasteiger partial charge in [-0.15, -0.1) is 10.2 Å². The highest BCUT2D eigenvalue weighted by atomic mass is 32.2. The first kappa shape index (κ1) is 23.4. The Hall–Kier alpha value is -4.30. The van der Waals surface area contributed by atoms with Gasteiger partial charge in [0.25, 0.3) is 0 Å². The number of nitrogens with zero attached hydrogens (tertiary/aromatic N) is 3. The summed E-state index contributed by atoms with van der Waals surface area (Å²) in [5, 5.41) is 11.5. The van der Waals surface area contributed by atoms with Gasteiger partial charge in [0.05, 0.1) is 0 Å². The molecular formula is C28H20F2N4OS. The van der Waals surface area contributed by atoms with Crippen LogP contribution < -0.4 is 5.32 Å². The molecule has 0 aliphatic rings. The maximum atomic E-state index is 13.6. The zero-order valence-electron chi connectivity index (χ0n) is 18.9. The molecule has 1 atom stereocenters. The first-order valence-electron chi connectivity index (χ1n) is 11.1. The Kier molecular flexibility index (Phi) is 6.86. The zero-order chi connectivity index (χ0) is 24.9. The molecule has 0 aliphatic heterocycles. The SMILES string of the molecule is O=C(Nc1ccc(F)cc1)C(Sc1nnc(-c2ccc(F)cc2)n1-c1ccccc1)c1ccccc1. The Balaban J connectivity index is 1.55. The molecule has 0 spiro atoms. The fourth-order valence-electron chi connectivity index (χ4n) is 3.69. The van der Waals surface area contributed by atoms with E-state index in [9.17, 15) is 13.6 Å². The van der Waals surface area contributed by atoms with Gasteiger partial charge < -0.3 is 5.32 Å². The summed E-state index contributed by atoms with van der Waals surface area (Å²) in [4.78, 5) is 13.4. The summed E-state index contributed by atoms with van der Waals surface area (Å²) in [6.45, 7) is 0. The number of aromatic nitrogens is 3. The summed E-state index contributed by atoms with van der Waals surface area (Å²) in [6.07, 6.45) is 0. The van der Waals surface area contributed by atoms with Gasteiger partial charge in [-0.05, 0) is 66.2 Å². The van der Waals surface area contributed by atoms with Crippen LogP contribution in [0.2, 0.25) is 0 Å². The van der Waals surface area contributed by atoms with Crippen molar-refractivity contribution in [3.05, 3.63) is 126 Å². The first-order chi connectivity index (χ1) is 17.6. The maximum Gasteiger partial charge on any atom is 0.242 e. The second-order valence-electron chi connectivity index (χ2n) is 7.89. The molecule has 5 nitrogen and oxygen atoms in total. The van der Waals surface area contributed by atoms with Gasteiger partial charge in [-0.2, -0.15) is 0 Å². The van der Waals surface area contributed by atoms with Crippen molar-refractivity contribution in [1.29, 1.82) is 0 Å². The number of para-hydroxylation sites is 1. The minimum atomic E-state index is -0.677. The second-order valence-corrected chi connectivity index (χ2v) is 8.96. The van der Waals surface area contributed by atoms with Gasteiger partial charge in [-0.3, -0.25) is 9.36 Å². The Bertz CT molecular complexity index is 1460. The third-order valence-corrected chi connectivity index (χ3v) is 6.62. The molecule has 0 bridgehead atoms. The van der Waals surface area contributed by atoms with Gasteiger partial charge in [0.1, 0.15) is 16.9 Å². The summed E-state index contributed by atoms with van der Waals surface area (Å²) >= 11 is 1.24. The van der Waals surface area contributed by atoms with E-state index in [4.69, 9.17) is 0 Å². The molecule has 5 aromatic rings. The second kappa shape index (κ2) is 10.5. The number of rotatable bonds is 7. The minimum Gasteiger partial charge on any atom is -0.325 e. The van der Waals surface area contributed by atoms with Crippen molar-refractivity contribution in [2.24, 2.45) is 0 Å². The van der Waals surface area contributed by atoms with Gasteiger partial charge in [-0.1, -0.05) is 60.3 Å². The smallest absolute Gasteiger partial charge is 0.242 e. The van der Waals surface area contributed by atoms with E-state index in [0.717, 1.165) is 11.3 Å². The molecular weight excluding hydrogens is 478 g/mol. The van der Waals surface area contributed by atoms with E-state index in [1.807, 2.05) is 65.2 Å². The summed E-state index contributed by atoms with van der Waals surface area (Å²) < 4.78 is 28.8. The Morgan fingerprint density at radius 1 is 0.750 bits per heavy atom. The molecule has 1 unspecified atom stereocenters. The zero-order valence-corrected chi connectivity index (χ0v) is 19.7. The molecule has 178 valence electrons. The lowest BCUT2D eigenvalue weighted by molar-refractivity contribution is -0.115. The molecule has 36 heavy (non-hydrogen) atoms. The molecule has 1 aromatic heterocycles. The molecule has 0 saturated carbocycles. The largest absolute Gasteiger partial charge is 0.325 e. The average Bonchev–Trinajstić information content (AvgIpc) is 3.33. The number of nitrogens with one attached hydrogen (secondary N) is 1. The van der Waals surface area contributed by atoms with Crippen LogP contribution in [0.25, 0.3) is 17.1 Å². The van der Waals surface area contributed by atoms with Crippen LogP contribution in [0, 0.1) is 11.6 Å². The van der Waals surface area contributed by atoms with Crippen molar-refractivity contribution in [3.63, 3.8) is 0 Å². The number of carbonyl (C=O) groups excluding carboxylic acids is 1. The van der Waals surface area contributed by atoms with Gasteiger partial charge in [-0.25, -0.2) is 8.78 Å². The van der Waals surface area contributed by atoms with Crippen LogP contribution in [0.1, 0.15) is 10.8 Å². The molecule has 0 fully saturated rings. The topological polar surface area (TPSA) is 59.8 Å². The van der Waals surface area contributed by atoms with E-state index in [0.29, 0.717) is 22.2 Å². The van der Waals surface area contributed by atoms with Crippen LogP contribution in [-0.2, 0) is 4.79 Å². The number of hydrogen-bond donors (Lipinski definition) is 1. The molecule has 0 saturated heterocycles. The number of thioether (sulfide) groups is 1. The Morgan fingerprint density at radius 2 is 1.33 bits per heavy atom. The highest BCUT2D eigenvalue weighted by molar-refractivity contribution is 8.00. The number of carbonyl (C=O) groups is 1. The summed E-state index contributed by atoms with van der Waals surface area (Å²) in [5.74, 6) is -0.495. The van der Waals surface area contributed by atoms with Crippen molar-refractivity contribution in [2.75, 3.05) is 5.32 Å². The highest BCUT2D eigenvalue weighted by Crippen LogP contribution is 2.38. The summed E-state index contributed by atoms with van der Waals surface area (Å²) in [7, 11) is 0. The van der Waals surface area contributed by atoms with Crippen LogP contribution in [0.5, 0.6) is 0 Å². The van der Waals surface area contributed by atoms with Crippen molar-refractivity contribution >= 4 is 23.4 Å². The van der Waals surface area contributed by atoms with E-state index in [1.54, 1.807) is 12.1 Å². The van der Waals surface area contributed by atoms with E-state index in [1.165, 1.54) is 48.2 Å². The van der Waals surface area contributed by atoms with E-state index in [-0.39, 0.29) is 17.5 Å². The molecule has 4 aromatic carbocycles. The lowest BCUT2D eigenvalue weighted by Crippen LogP contribution is -2.19. The Labute approximate surface area is 210 Å². The summed E-state index contributed by atoms with van der Waals surface area (Å²) in [5.41, 5.74) is 2.74. The predicted molar refractivity (Wildman–Crippen MR) is 137 cm³/mol. The quantitative estimate of drug-likeness (QED) is 0.254. The van der Waals surface area contributed by atoms with Gasteiger partial charge in [0, 0.05) is 16.9 Å². The third kappa shape index (κ3) is 5.18. The van der Waals surface area contributed by atoms with Crippen molar-refractivity contribution in [2.45, 2.75) is 10.4 Å². The standard InChI is InChI=1S/C28H20F2N4OS/c29-21-13-11-20(12-14-21)26-32-33-28(34(26)24-9-5-2-6-10-24)36-25(19-7-3-1-4-8-19)27(35)31-23-17-15-22(30)16-18-23/h1-18,25H,(H,31,35). The lowest BCUT2D eigenvalue weighted by Gasteiger charge is -2.18. The van der Waals surface area contributed by atoms with Crippen molar-refractivity contribution < 1.29 is 13.6 Å². The first-order valence-corrected chi connectivity index (χ1v) is 12.0. The highest BCUT2D eigenvalue weighted by Gasteiger charge is 2.27. The van der Waals surface area contributed by atoms with Crippen LogP contribution in [0.3, 0.4) is 0 Å². The van der Waals surface area contributed by atoms with Crippen LogP contribution in [-0.4, -0.2) is 20.7 Å². The molecule has 1 N–H and O–H groups in total. The van der Waals surface area contributed by atoms with E-state index in [2.05, 4.69) is 15.5 Å². The van der Waals surface area contributed by atoms with Crippen LogP contribution in [0.4, 0.5) is 14.5 Å². The monoisotopic (exact) mass is 498 g/mol. The summed E-state index contributed by atoms with van der Waals surface area (Å²) in [6, 6.07) is 30.5. The number of amides is 1. The van der Waals surface area contributed by atoms with Gasteiger partial charge >= 0.3 is 0 Å². The van der Waals surface area contributed by atoms with Crippen LogP contribution >= 0.6 is 11.8 Å². The molecule has 1 heterocycles. The number of benzene rings is 4. The molecule has 1 amide bonds. The number of halogens is 2. The number of anilines is 1. The molecule has 8 heteroatoms. The minimum absolute atomic E-state index is 0.288. The van der Waals surface area contributed by atoms with Crippen molar-refractivity contribution in [1.82, 2.24) is 14.8 Å². The molecule has 0 aliphatic carbocycles. The lowest BCUT2D eigenvalue weighted by atomic mass is 10.1. The van der Waals surface area contributed by atoms with E-state index >= 15 is 0 Å². The van der Waals surface area contributed by atoms with Crippen molar-refractivity contribution in [3.8, 4) is 17.1 Å². The fourth-order valence-corrected chi connectivity index (χ4v) is 4.74. The third-order valence-electron chi connectivity index (χ3n) is 5.43. The average molecular weight is 499 g/mol. The van der Waals surface area contributed by atoms with Crippen LogP contribution in [0.15, 0.2) is 114 Å².